The summed E-state index contributed by atoms with van der Waals surface area (Å²) in [5.74, 6) is 1.28. The highest BCUT2D eigenvalue weighted by Crippen LogP contribution is 2.33. The summed E-state index contributed by atoms with van der Waals surface area (Å²) in [5, 5.41) is 20.0. The van der Waals surface area contributed by atoms with Crippen LogP contribution < -0.4 is 5.32 Å². The first-order chi connectivity index (χ1) is 10.1. The lowest BCUT2D eigenvalue weighted by atomic mass is 9.78. The summed E-state index contributed by atoms with van der Waals surface area (Å²) >= 11 is 0. The molecule has 21 heavy (non-hydrogen) atoms. The van der Waals surface area contributed by atoms with Gasteiger partial charge in [0.05, 0.1) is 5.60 Å². The van der Waals surface area contributed by atoms with Crippen molar-refractivity contribution >= 4 is 5.91 Å². The summed E-state index contributed by atoms with van der Waals surface area (Å²) in [6, 6.07) is 0. The molecule has 1 aliphatic carbocycles. The molecule has 0 aromatic carbocycles. The van der Waals surface area contributed by atoms with Gasteiger partial charge in [0.2, 0.25) is 5.82 Å². The van der Waals surface area contributed by atoms with Crippen molar-refractivity contribution < 1.29 is 9.90 Å². The minimum absolute atomic E-state index is 0.157. The van der Waals surface area contributed by atoms with Crippen LogP contribution in [0.3, 0.4) is 0 Å². The summed E-state index contributed by atoms with van der Waals surface area (Å²) in [6.07, 6.45) is 6.47. The molecule has 3 N–H and O–H groups in total. The molecule has 6 nitrogen and oxygen atoms in total. The van der Waals surface area contributed by atoms with Crippen LogP contribution in [0.1, 0.15) is 68.8 Å². The minimum atomic E-state index is -0.774. The van der Waals surface area contributed by atoms with Gasteiger partial charge >= 0.3 is 0 Å². The van der Waals surface area contributed by atoms with Crippen molar-refractivity contribution in [1.82, 2.24) is 20.5 Å². The molecule has 0 saturated heterocycles. The van der Waals surface area contributed by atoms with Gasteiger partial charge in [-0.2, -0.15) is 0 Å². The van der Waals surface area contributed by atoms with E-state index in [1.807, 2.05) is 6.92 Å². The van der Waals surface area contributed by atoms with Crippen LogP contribution in [0.4, 0.5) is 0 Å². The average molecular weight is 294 g/mol. The topological polar surface area (TPSA) is 90.9 Å². The van der Waals surface area contributed by atoms with E-state index in [1.54, 1.807) is 0 Å². The minimum Gasteiger partial charge on any atom is -0.388 e. The van der Waals surface area contributed by atoms with E-state index in [0.717, 1.165) is 44.3 Å². The maximum atomic E-state index is 12.0. The van der Waals surface area contributed by atoms with Crippen molar-refractivity contribution in [3.63, 3.8) is 0 Å². The molecule has 1 heterocycles. The van der Waals surface area contributed by atoms with Crippen molar-refractivity contribution in [2.75, 3.05) is 6.54 Å². The molecule has 1 amide bonds. The van der Waals surface area contributed by atoms with Crippen LogP contribution in [0.2, 0.25) is 0 Å². The summed E-state index contributed by atoms with van der Waals surface area (Å²) < 4.78 is 0. The Balaban J connectivity index is 1.83. The van der Waals surface area contributed by atoms with Gasteiger partial charge in [0.15, 0.2) is 0 Å². The van der Waals surface area contributed by atoms with Gasteiger partial charge in [-0.05, 0) is 38.0 Å². The average Bonchev–Trinajstić information content (AvgIpc) is 2.95. The fourth-order valence-corrected chi connectivity index (χ4v) is 2.87. The second-order valence-corrected chi connectivity index (χ2v) is 6.11. The number of nitrogens with zero attached hydrogens (tertiary/aromatic N) is 2. The lowest BCUT2D eigenvalue weighted by molar-refractivity contribution is -0.00793. The number of nitrogens with one attached hydrogen (secondary N) is 2. The number of aromatic amines is 1. The molecule has 1 aromatic rings. The van der Waals surface area contributed by atoms with E-state index >= 15 is 0 Å². The van der Waals surface area contributed by atoms with Crippen LogP contribution in [0.5, 0.6) is 0 Å². The van der Waals surface area contributed by atoms with Gasteiger partial charge in [-0.1, -0.05) is 20.3 Å². The van der Waals surface area contributed by atoms with Crippen molar-refractivity contribution in [1.29, 1.82) is 0 Å². The molecule has 1 fully saturated rings. The van der Waals surface area contributed by atoms with E-state index in [2.05, 4.69) is 27.4 Å². The first-order valence-corrected chi connectivity index (χ1v) is 7.98. The van der Waals surface area contributed by atoms with E-state index in [4.69, 9.17) is 0 Å². The van der Waals surface area contributed by atoms with Gasteiger partial charge in [0.1, 0.15) is 5.82 Å². The molecule has 6 heteroatoms. The highest BCUT2D eigenvalue weighted by molar-refractivity contribution is 5.90. The van der Waals surface area contributed by atoms with Crippen LogP contribution >= 0.6 is 0 Å². The first-order valence-electron chi connectivity index (χ1n) is 7.98. The second-order valence-electron chi connectivity index (χ2n) is 6.11. The SMILES string of the molecule is CCCc1nc(C(=O)NCC2(O)CCC(CC)CC2)n[nH]1. The molecule has 1 aromatic heterocycles. The smallest absolute Gasteiger partial charge is 0.291 e. The van der Waals surface area contributed by atoms with E-state index in [0.29, 0.717) is 5.92 Å². The Hall–Kier alpha value is -1.43. The number of carbonyl (C=O) groups excluding carboxylic acids is 1. The Bertz CT molecular complexity index is 464. The molecular formula is C15H26N4O2. The van der Waals surface area contributed by atoms with Crippen molar-refractivity contribution in [3.8, 4) is 0 Å². The van der Waals surface area contributed by atoms with Crippen LogP contribution in [0, 0.1) is 5.92 Å². The Morgan fingerprint density at radius 1 is 1.43 bits per heavy atom. The number of aryl methyl sites for hydroxylation is 1. The van der Waals surface area contributed by atoms with Gasteiger partial charge in [-0.25, -0.2) is 4.98 Å². The lowest BCUT2D eigenvalue weighted by Gasteiger charge is -2.35. The molecule has 0 aliphatic heterocycles. The van der Waals surface area contributed by atoms with Crippen LogP contribution in [0.15, 0.2) is 0 Å². The number of aromatic nitrogens is 3. The molecule has 0 spiro atoms. The van der Waals surface area contributed by atoms with E-state index in [-0.39, 0.29) is 18.3 Å². The second kappa shape index (κ2) is 7.02. The molecule has 1 aliphatic rings. The summed E-state index contributed by atoms with van der Waals surface area (Å²) in [4.78, 5) is 16.2. The molecule has 0 atom stereocenters. The summed E-state index contributed by atoms with van der Waals surface area (Å²) in [6.45, 7) is 4.51. The third kappa shape index (κ3) is 4.27. The number of hydrogen-bond acceptors (Lipinski definition) is 4. The summed E-state index contributed by atoms with van der Waals surface area (Å²) in [7, 11) is 0. The molecule has 1 saturated carbocycles. The maximum absolute atomic E-state index is 12.0. The van der Waals surface area contributed by atoms with Crippen LogP contribution in [-0.4, -0.2) is 38.3 Å². The van der Waals surface area contributed by atoms with Crippen LogP contribution in [0.25, 0.3) is 0 Å². The molecule has 0 radical (unpaired) electrons. The van der Waals surface area contributed by atoms with E-state index < -0.39 is 5.60 Å². The fraction of sp³-hybridized carbons (Fsp3) is 0.800. The maximum Gasteiger partial charge on any atom is 0.291 e. The normalized spacial score (nSPS) is 25.8. The molecule has 118 valence electrons. The zero-order chi connectivity index (χ0) is 15.3. The third-order valence-corrected chi connectivity index (χ3v) is 4.41. The highest BCUT2D eigenvalue weighted by atomic mass is 16.3. The van der Waals surface area contributed by atoms with Crippen molar-refractivity contribution in [2.24, 2.45) is 5.92 Å². The predicted molar refractivity (Wildman–Crippen MR) is 79.9 cm³/mol. The lowest BCUT2D eigenvalue weighted by Crippen LogP contribution is -2.45. The zero-order valence-corrected chi connectivity index (χ0v) is 13.0. The molecule has 2 rings (SSSR count). The van der Waals surface area contributed by atoms with Crippen molar-refractivity contribution in [3.05, 3.63) is 11.6 Å². The number of H-pyrrole nitrogens is 1. The monoisotopic (exact) mass is 294 g/mol. The number of carbonyl (C=O) groups is 1. The van der Waals surface area contributed by atoms with Gasteiger partial charge in [-0.15, -0.1) is 5.10 Å². The molecule has 0 unspecified atom stereocenters. The van der Waals surface area contributed by atoms with Gasteiger partial charge < -0.3 is 10.4 Å². The third-order valence-electron chi connectivity index (χ3n) is 4.41. The number of hydrogen-bond donors (Lipinski definition) is 3. The van der Waals surface area contributed by atoms with Gasteiger partial charge in [0.25, 0.3) is 5.91 Å². The number of aliphatic hydroxyl groups is 1. The zero-order valence-electron chi connectivity index (χ0n) is 13.0. The predicted octanol–water partition coefficient (Wildman–Crippen LogP) is 1.82. The fourth-order valence-electron chi connectivity index (χ4n) is 2.87. The highest BCUT2D eigenvalue weighted by Gasteiger charge is 2.33. The number of rotatable bonds is 6. The Morgan fingerprint density at radius 3 is 2.76 bits per heavy atom. The van der Waals surface area contributed by atoms with E-state index in [9.17, 15) is 9.90 Å². The van der Waals surface area contributed by atoms with Crippen molar-refractivity contribution in [2.45, 2.75) is 64.4 Å². The Morgan fingerprint density at radius 2 is 2.14 bits per heavy atom. The Kier molecular flexibility index (Phi) is 5.33. The standard InChI is InChI=1S/C15H26N4O2/c1-3-5-12-17-13(19-18-12)14(20)16-10-15(21)8-6-11(4-2)7-9-15/h11,21H,3-10H2,1-2H3,(H,16,20)(H,17,18,19). The van der Waals surface area contributed by atoms with Gasteiger partial charge in [0, 0.05) is 13.0 Å². The molecule has 0 bridgehead atoms. The largest absolute Gasteiger partial charge is 0.388 e. The van der Waals surface area contributed by atoms with Gasteiger partial charge in [-0.3, -0.25) is 9.89 Å². The first kappa shape index (κ1) is 15.9. The van der Waals surface area contributed by atoms with Crippen LogP contribution in [-0.2, 0) is 6.42 Å². The molecular weight excluding hydrogens is 268 g/mol. The quantitative estimate of drug-likeness (QED) is 0.746. The Labute approximate surface area is 125 Å². The summed E-state index contributed by atoms with van der Waals surface area (Å²) in [5.41, 5.74) is -0.774. The van der Waals surface area contributed by atoms with E-state index in [1.165, 1.54) is 6.42 Å². The number of amides is 1.